The third-order valence-corrected chi connectivity index (χ3v) is 4.04. The second kappa shape index (κ2) is 4.23. The summed E-state index contributed by atoms with van der Waals surface area (Å²) < 4.78 is 10.9. The van der Waals surface area contributed by atoms with E-state index in [0.717, 1.165) is 13.0 Å². The van der Waals surface area contributed by atoms with Gasteiger partial charge in [-0.2, -0.15) is 0 Å². The monoisotopic (exact) mass is 240 g/mol. The van der Waals surface area contributed by atoms with E-state index >= 15 is 0 Å². The van der Waals surface area contributed by atoms with Crippen LogP contribution in [0, 0.1) is 5.92 Å². The second-order valence-corrected chi connectivity index (χ2v) is 5.50. The van der Waals surface area contributed by atoms with Gasteiger partial charge in [0, 0.05) is 13.2 Å². The quantitative estimate of drug-likeness (QED) is 0.716. The molecule has 0 aromatic carbocycles. The van der Waals surface area contributed by atoms with Gasteiger partial charge in [0.2, 0.25) is 5.91 Å². The van der Waals surface area contributed by atoms with Crippen LogP contribution in [0.1, 0.15) is 25.7 Å². The first-order valence-electron chi connectivity index (χ1n) is 6.48. The Hall–Kier alpha value is -0.650. The number of carbonyl (C=O) groups is 1. The highest BCUT2D eigenvalue weighted by molar-refractivity contribution is 5.86. The predicted molar refractivity (Wildman–Crippen MR) is 61.4 cm³/mol. The first-order chi connectivity index (χ1) is 8.19. The summed E-state index contributed by atoms with van der Waals surface area (Å²) in [5.41, 5.74) is 5.22. The fraction of sp³-hybridized carbons (Fsp3) is 0.917. The van der Waals surface area contributed by atoms with Crippen LogP contribution in [0.25, 0.3) is 0 Å². The van der Waals surface area contributed by atoms with Crippen LogP contribution in [0.5, 0.6) is 0 Å². The van der Waals surface area contributed by atoms with E-state index in [1.165, 1.54) is 12.8 Å². The maximum atomic E-state index is 12.1. The zero-order valence-corrected chi connectivity index (χ0v) is 9.98. The minimum atomic E-state index is -0.823. The van der Waals surface area contributed by atoms with Gasteiger partial charge in [0.25, 0.3) is 0 Å². The number of rotatable bonds is 3. The minimum Gasteiger partial charge on any atom is -0.379 e. The Morgan fingerprint density at radius 2 is 2.12 bits per heavy atom. The van der Waals surface area contributed by atoms with Crippen LogP contribution in [-0.2, 0) is 14.3 Å². The minimum absolute atomic E-state index is 0.0730. The molecule has 1 aliphatic carbocycles. The van der Waals surface area contributed by atoms with Crippen molar-refractivity contribution in [2.24, 2.45) is 11.7 Å². The number of amides is 1. The summed E-state index contributed by atoms with van der Waals surface area (Å²) in [5, 5.41) is 3.06. The SMILES string of the molecule is NC1(C(=O)NC2CCOC2C2CC2)CCOC1. The van der Waals surface area contributed by atoms with Crippen molar-refractivity contribution in [1.29, 1.82) is 0 Å². The molecule has 2 aliphatic heterocycles. The molecule has 0 spiro atoms. The van der Waals surface area contributed by atoms with Crippen molar-refractivity contribution in [3.8, 4) is 0 Å². The van der Waals surface area contributed by atoms with Gasteiger partial charge in [0.05, 0.1) is 18.8 Å². The third kappa shape index (κ3) is 2.19. The van der Waals surface area contributed by atoms with Crippen molar-refractivity contribution < 1.29 is 14.3 Å². The van der Waals surface area contributed by atoms with Crippen LogP contribution in [0.15, 0.2) is 0 Å². The fourth-order valence-corrected chi connectivity index (χ4v) is 2.73. The molecular weight excluding hydrogens is 220 g/mol. The normalized spacial score (nSPS) is 41.7. The van der Waals surface area contributed by atoms with Gasteiger partial charge in [-0.25, -0.2) is 0 Å². The van der Waals surface area contributed by atoms with Crippen molar-refractivity contribution >= 4 is 5.91 Å². The first kappa shape index (κ1) is 11.4. The van der Waals surface area contributed by atoms with E-state index in [1.54, 1.807) is 0 Å². The third-order valence-electron chi connectivity index (χ3n) is 4.04. The molecule has 5 heteroatoms. The van der Waals surface area contributed by atoms with Crippen LogP contribution in [0.4, 0.5) is 0 Å². The largest absolute Gasteiger partial charge is 0.379 e. The summed E-state index contributed by atoms with van der Waals surface area (Å²) >= 11 is 0. The Balaban J connectivity index is 1.60. The summed E-state index contributed by atoms with van der Waals surface area (Å²) in [7, 11) is 0. The van der Waals surface area contributed by atoms with Gasteiger partial charge in [0.15, 0.2) is 0 Å². The maximum absolute atomic E-state index is 12.1. The van der Waals surface area contributed by atoms with Crippen LogP contribution >= 0.6 is 0 Å². The van der Waals surface area contributed by atoms with Crippen LogP contribution < -0.4 is 11.1 Å². The Kier molecular flexibility index (Phi) is 2.84. The van der Waals surface area contributed by atoms with Crippen molar-refractivity contribution in [3.05, 3.63) is 0 Å². The van der Waals surface area contributed by atoms with Crippen molar-refractivity contribution in [2.75, 3.05) is 19.8 Å². The highest BCUT2D eigenvalue weighted by atomic mass is 16.5. The standard InChI is InChI=1S/C12H20N2O3/c13-12(4-6-16-7-12)11(15)14-9-3-5-17-10(9)8-1-2-8/h8-10H,1-7,13H2,(H,14,15). The van der Waals surface area contributed by atoms with Crippen LogP contribution in [0.3, 0.4) is 0 Å². The van der Waals surface area contributed by atoms with E-state index in [-0.39, 0.29) is 18.1 Å². The molecule has 5 nitrogen and oxygen atoms in total. The molecule has 1 amide bonds. The molecule has 2 heterocycles. The number of nitrogens with two attached hydrogens (primary N) is 1. The average Bonchev–Trinajstić information content (AvgIpc) is 2.88. The van der Waals surface area contributed by atoms with Crippen LogP contribution in [0.2, 0.25) is 0 Å². The van der Waals surface area contributed by atoms with E-state index in [0.29, 0.717) is 25.6 Å². The molecule has 3 aliphatic rings. The number of ether oxygens (including phenoxy) is 2. The fourth-order valence-electron chi connectivity index (χ4n) is 2.73. The van der Waals surface area contributed by atoms with E-state index in [9.17, 15) is 4.79 Å². The Labute approximate surface area is 101 Å². The summed E-state index contributed by atoms with van der Waals surface area (Å²) in [6.45, 7) is 1.66. The highest BCUT2D eigenvalue weighted by Crippen LogP contribution is 2.38. The van der Waals surface area contributed by atoms with Crippen molar-refractivity contribution in [3.63, 3.8) is 0 Å². The molecule has 1 saturated carbocycles. The first-order valence-corrected chi connectivity index (χ1v) is 6.48. The van der Waals surface area contributed by atoms with Gasteiger partial charge in [-0.15, -0.1) is 0 Å². The lowest BCUT2D eigenvalue weighted by Gasteiger charge is -2.26. The zero-order chi connectivity index (χ0) is 11.9. The van der Waals surface area contributed by atoms with Gasteiger partial charge in [-0.05, 0) is 31.6 Å². The lowest BCUT2D eigenvalue weighted by Crippen LogP contribution is -2.58. The molecule has 2 saturated heterocycles. The molecule has 3 unspecified atom stereocenters. The van der Waals surface area contributed by atoms with Gasteiger partial charge in [0.1, 0.15) is 5.54 Å². The zero-order valence-electron chi connectivity index (χ0n) is 9.98. The summed E-state index contributed by atoms with van der Waals surface area (Å²) in [6.07, 6.45) is 4.19. The number of hydrogen-bond acceptors (Lipinski definition) is 4. The summed E-state index contributed by atoms with van der Waals surface area (Å²) in [4.78, 5) is 12.1. The lowest BCUT2D eigenvalue weighted by molar-refractivity contribution is -0.127. The molecule has 3 N–H and O–H groups in total. The number of carbonyl (C=O) groups excluding carboxylic acids is 1. The van der Waals surface area contributed by atoms with Crippen molar-refractivity contribution in [1.82, 2.24) is 5.32 Å². The molecule has 0 bridgehead atoms. The van der Waals surface area contributed by atoms with E-state index < -0.39 is 5.54 Å². The molecule has 17 heavy (non-hydrogen) atoms. The Bertz CT molecular complexity index is 311. The lowest BCUT2D eigenvalue weighted by atomic mass is 9.97. The smallest absolute Gasteiger partial charge is 0.242 e. The molecule has 3 rings (SSSR count). The summed E-state index contributed by atoms with van der Waals surface area (Å²) in [5.74, 6) is 0.576. The van der Waals surface area contributed by atoms with Crippen molar-refractivity contribution in [2.45, 2.75) is 43.4 Å². The maximum Gasteiger partial charge on any atom is 0.242 e. The topological polar surface area (TPSA) is 73.6 Å². The van der Waals surface area contributed by atoms with E-state index in [4.69, 9.17) is 15.2 Å². The second-order valence-electron chi connectivity index (χ2n) is 5.50. The predicted octanol–water partition coefficient (Wildman–Crippen LogP) is -0.212. The molecule has 3 atom stereocenters. The molecule has 0 radical (unpaired) electrons. The molecule has 0 aromatic rings. The number of nitrogens with one attached hydrogen (secondary N) is 1. The average molecular weight is 240 g/mol. The van der Waals surface area contributed by atoms with Gasteiger partial charge >= 0.3 is 0 Å². The van der Waals surface area contributed by atoms with E-state index in [1.807, 2.05) is 0 Å². The number of hydrogen-bond donors (Lipinski definition) is 2. The Morgan fingerprint density at radius 3 is 2.76 bits per heavy atom. The summed E-state index contributed by atoms with van der Waals surface area (Å²) in [6, 6.07) is 0.149. The van der Waals surface area contributed by atoms with E-state index in [2.05, 4.69) is 5.32 Å². The van der Waals surface area contributed by atoms with Gasteiger partial charge < -0.3 is 20.5 Å². The highest BCUT2D eigenvalue weighted by Gasteiger charge is 2.44. The van der Waals surface area contributed by atoms with Gasteiger partial charge in [-0.1, -0.05) is 0 Å². The Morgan fingerprint density at radius 1 is 1.29 bits per heavy atom. The van der Waals surface area contributed by atoms with Crippen LogP contribution in [-0.4, -0.2) is 43.4 Å². The molecule has 96 valence electrons. The molecular formula is C12H20N2O3. The van der Waals surface area contributed by atoms with Gasteiger partial charge in [-0.3, -0.25) is 4.79 Å². The molecule has 0 aromatic heterocycles. The molecule has 3 fully saturated rings.